The molecular formula is C20H23BrIN3O4S. The molecule has 2 aromatic carbocycles. The van der Waals surface area contributed by atoms with Gasteiger partial charge in [-0.05, 0) is 71.5 Å². The van der Waals surface area contributed by atoms with E-state index in [0.717, 1.165) is 24.2 Å². The Morgan fingerprint density at radius 2 is 1.67 bits per heavy atom. The quantitative estimate of drug-likeness (QED) is 0.468. The Kier molecular flexibility index (Phi) is 8.68. The van der Waals surface area contributed by atoms with E-state index in [1.54, 1.807) is 31.2 Å². The van der Waals surface area contributed by atoms with Gasteiger partial charge in [0.25, 0.3) is 0 Å². The summed E-state index contributed by atoms with van der Waals surface area (Å²) in [6.45, 7) is 1.38. The average molecular weight is 608 g/mol. The number of nitrogens with zero attached hydrogens (tertiary/aromatic N) is 2. The molecule has 2 rings (SSSR count). The highest BCUT2D eigenvalue weighted by atomic mass is 127. The first-order valence-corrected chi connectivity index (χ1v) is 12.7. The monoisotopic (exact) mass is 607 g/mol. The summed E-state index contributed by atoms with van der Waals surface area (Å²) >= 11 is 5.49. The van der Waals surface area contributed by atoms with E-state index in [1.807, 2.05) is 24.3 Å². The predicted molar refractivity (Wildman–Crippen MR) is 130 cm³/mol. The Labute approximate surface area is 199 Å². The number of sulfonamides is 1. The van der Waals surface area contributed by atoms with Gasteiger partial charge in [0.2, 0.25) is 21.8 Å². The van der Waals surface area contributed by atoms with Crippen LogP contribution in [0.4, 0.5) is 5.69 Å². The van der Waals surface area contributed by atoms with Crippen LogP contribution in [0.2, 0.25) is 0 Å². The van der Waals surface area contributed by atoms with Crippen LogP contribution in [-0.2, 0) is 26.2 Å². The second-order valence-corrected chi connectivity index (χ2v) is 10.8. The van der Waals surface area contributed by atoms with Crippen LogP contribution in [0.15, 0.2) is 53.0 Å². The summed E-state index contributed by atoms with van der Waals surface area (Å²) in [5.74, 6) is -0.807. The summed E-state index contributed by atoms with van der Waals surface area (Å²) in [7, 11) is -2.22. The van der Waals surface area contributed by atoms with Crippen LogP contribution in [0.25, 0.3) is 0 Å². The lowest BCUT2D eigenvalue weighted by Gasteiger charge is -2.31. The molecule has 0 radical (unpaired) electrons. The highest BCUT2D eigenvalue weighted by molar-refractivity contribution is 14.1. The Morgan fingerprint density at radius 3 is 2.17 bits per heavy atom. The van der Waals surface area contributed by atoms with Gasteiger partial charge >= 0.3 is 0 Å². The molecule has 0 aromatic heterocycles. The number of hydrogen-bond donors (Lipinski definition) is 1. The fraction of sp³-hybridized carbons (Fsp3) is 0.300. The number of halogens is 2. The average Bonchev–Trinajstić information content (AvgIpc) is 2.70. The molecule has 30 heavy (non-hydrogen) atoms. The molecule has 2 amide bonds. The van der Waals surface area contributed by atoms with E-state index in [0.29, 0.717) is 5.69 Å². The molecule has 7 nitrogen and oxygen atoms in total. The summed E-state index contributed by atoms with van der Waals surface area (Å²) in [5.41, 5.74) is 1.21. The minimum absolute atomic E-state index is 0.172. The number of hydrogen-bond acceptors (Lipinski definition) is 4. The van der Waals surface area contributed by atoms with Gasteiger partial charge < -0.3 is 10.2 Å². The van der Waals surface area contributed by atoms with Crippen molar-refractivity contribution < 1.29 is 18.0 Å². The van der Waals surface area contributed by atoms with Crippen LogP contribution in [0.5, 0.6) is 0 Å². The van der Waals surface area contributed by atoms with Crippen molar-refractivity contribution in [3.8, 4) is 0 Å². The van der Waals surface area contributed by atoms with E-state index in [4.69, 9.17) is 0 Å². The highest BCUT2D eigenvalue weighted by Crippen LogP contribution is 2.20. The van der Waals surface area contributed by atoms with Crippen LogP contribution in [0, 0.1) is 3.57 Å². The second-order valence-electron chi connectivity index (χ2n) is 6.68. The Morgan fingerprint density at radius 1 is 1.10 bits per heavy atom. The first kappa shape index (κ1) is 24.6. The van der Waals surface area contributed by atoms with Crippen molar-refractivity contribution in [2.24, 2.45) is 0 Å². The van der Waals surface area contributed by atoms with Crippen LogP contribution >= 0.6 is 38.5 Å². The third kappa shape index (κ3) is 6.67. The minimum atomic E-state index is -3.71. The molecule has 0 fully saturated rings. The molecule has 0 saturated carbocycles. The Bertz CT molecular complexity index is 998. The molecular weight excluding hydrogens is 585 g/mol. The van der Waals surface area contributed by atoms with Crippen molar-refractivity contribution in [3.05, 3.63) is 62.1 Å². The summed E-state index contributed by atoms with van der Waals surface area (Å²) in [5, 5.41) is 2.54. The number of likely N-dealkylation sites (N-methyl/N-ethyl adjacent to an activating group) is 1. The largest absolute Gasteiger partial charge is 0.357 e. The van der Waals surface area contributed by atoms with Gasteiger partial charge in [-0.3, -0.25) is 13.9 Å². The van der Waals surface area contributed by atoms with Crippen molar-refractivity contribution in [1.29, 1.82) is 0 Å². The Hall–Kier alpha value is -1.66. The molecule has 10 heteroatoms. The molecule has 1 N–H and O–H groups in total. The SMILES string of the molecule is CNC(=O)[C@@H](C)N(Cc1ccc(Br)cc1)C(=O)CN(c1ccc(I)cc1)S(C)(=O)=O. The van der Waals surface area contributed by atoms with Crippen molar-refractivity contribution in [2.45, 2.75) is 19.5 Å². The van der Waals surface area contributed by atoms with Crippen molar-refractivity contribution in [1.82, 2.24) is 10.2 Å². The number of rotatable bonds is 8. The number of benzene rings is 2. The number of carbonyl (C=O) groups is 2. The number of anilines is 1. The fourth-order valence-electron chi connectivity index (χ4n) is 2.80. The van der Waals surface area contributed by atoms with E-state index in [1.165, 1.54) is 11.9 Å². The maximum atomic E-state index is 13.2. The third-order valence-corrected chi connectivity index (χ3v) is 6.86. The zero-order valence-electron chi connectivity index (χ0n) is 16.8. The van der Waals surface area contributed by atoms with Crippen LogP contribution in [0.1, 0.15) is 12.5 Å². The number of amides is 2. The number of nitrogens with one attached hydrogen (secondary N) is 1. The first-order chi connectivity index (χ1) is 14.0. The van der Waals surface area contributed by atoms with E-state index >= 15 is 0 Å². The summed E-state index contributed by atoms with van der Waals surface area (Å²) < 4.78 is 27.7. The maximum Gasteiger partial charge on any atom is 0.244 e. The standard InChI is InChI=1S/C20H23BrIN3O4S/c1-14(20(27)23-2)24(12-15-4-6-16(21)7-5-15)19(26)13-25(30(3,28)29)18-10-8-17(22)9-11-18/h4-11,14H,12-13H2,1-3H3,(H,23,27)/t14-/m1/s1. The van der Waals surface area contributed by atoms with Crippen molar-refractivity contribution >= 4 is 66.0 Å². The van der Waals surface area contributed by atoms with E-state index in [-0.39, 0.29) is 12.5 Å². The highest BCUT2D eigenvalue weighted by Gasteiger charge is 2.29. The van der Waals surface area contributed by atoms with E-state index in [2.05, 4.69) is 43.8 Å². The van der Waals surface area contributed by atoms with E-state index < -0.39 is 28.5 Å². The summed E-state index contributed by atoms with van der Waals surface area (Å²) in [6.07, 6.45) is 1.06. The molecule has 0 heterocycles. The Balaban J connectivity index is 2.35. The van der Waals surface area contributed by atoms with Crippen LogP contribution < -0.4 is 9.62 Å². The smallest absolute Gasteiger partial charge is 0.244 e. The summed E-state index contributed by atoms with van der Waals surface area (Å²) in [4.78, 5) is 26.8. The molecule has 1 atom stereocenters. The first-order valence-electron chi connectivity index (χ1n) is 9.01. The molecule has 2 aromatic rings. The zero-order chi connectivity index (χ0) is 22.5. The van der Waals surface area contributed by atoms with Crippen LogP contribution in [0.3, 0.4) is 0 Å². The van der Waals surface area contributed by atoms with Gasteiger partial charge in [0.15, 0.2) is 0 Å². The van der Waals surface area contributed by atoms with Gasteiger partial charge in [-0.25, -0.2) is 8.42 Å². The lowest BCUT2D eigenvalue weighted by atomic mass is 10.1. The molecule has 0 saturated heterocycles. The maximum absolute atomic E-state index is 13.2. The molecule has 0 aliphatic carbocycles. The molecule has 0 bridgehead atoms. The molecule has 0 aliphatic rings. The number of carbonyl (C=O) groups excluding carboxylic acids is 2. The molecule has 0 aliphatic heterocycles. The van der Waals surface area contributed by atoms with Gasteiger partial charge in [0.05, 0.1) is 11.9 Å². The van der Waals surface area contributed by atoms with Gasteiger partial charge in [-0.15, -0.1) is 0 Å². The van der Waals surface area contributed by atoms with Crippen LogP contribution in [-0.4, -0.2) is 51.0 Å². The minimum Gasteiger partial charge on any atom is -0.357 e. The lowest BCUT2D eigenvalue weighted by molar-refractivity contribution is -0.139. The van der Waals surface area contributed by atoms with Gasteiger partial charge in [0.1, 0.15) is 12.6 Å². The molecule has 0 unspecified atom stereocenters. The third-order valence-electron chi connectivity index (χ3n) is 4.47. The second kappa shape index (κ2) is 10.6. The molecule has 0 spiro atoms. The van der Waals surface area contributed by atoms with Gasteiger partial charge in [-0.1, -0.05) is 28.1 Å². The zero-order valence-corrected chi connectivity index (χ0v) is 21.4. The topological polar surface area (TPSA) is 86.8 Å². The fourth-order valence-corrected chi connectivity index (χ4v) is 4.27. The van der Waals surface area contributed by atoms with Crippen molar-refractivity contribution in [3.63, 3.8) is 0 Å². The van der Waals surface area contributed by atoms with E-state index in [9.17, 15) is 18.0 Å². The van der Waals surface area contributed by atoms with Crippen molar-refractivity contribution in [2.75, 3.05) is 24.2 Å². The molecule has 162 valence electrons. The lowest BCUT2D eigenvalue weighted by Crippen LogP contribution is -2.50. The normalized spacial score (nSPS) is 12.2. The van der Waals surface area contributed by atoms with Gasteiger partial charge in [-0.2, -0.15) is 0 Å². The predicted octanol–water partition coefficient (Wildman–Crippen LogP) is 2.98. The van der Waals surface area contributed by atoms with Gasteiger partial charge in [0, 0.05) is 21.6 Å². The summed E-state index contributed by atoms with van der Waals surface area (Å²) in [6, 6.07) is 13.4.